The summed E-state index contributed by atoms with van der Waals surface area (Å²) in [5.74, 6) is 0. The SMILES string of the molecule is CO.[B]CCCCCCCCC=O. The summed E-state index contributed by atoms with van der Waals surface area (Å²) in [4.78, 5) is 9.92. The summed E-state index contributed by atoms with van der Waals surface area (Å²) < 4.78 is 0. The Morgan fingerprint density at radius 1 is 1.00 bits per heavy atom. The fourth-order valence-electron chi connectivity index (χ4n) is 1.08. The third-order valence-electron chi connectivity index (χ3n) is 1.78. The van der Waals surface area contributed by atoms with Gasteiger partial charge in [0.25, 0.3) is 0 Å². The molecule has 0 saturated carbocycles. The van der Waals surface area contributed by atoms with Crippen molar-refractivity contribution >= 4 is 14.1 Å². The number of carbonyl (C=O) groups excluding carboxylic acids is 1. The highest BCUT2D eigenvalue weighted by atomic mass is 16.2. The van der Waals surface area contributed by atoms with Crippen molar-refractivity contribution < 1.29 is 9.90 Å². The fraction of sp³-hybridized carbons (Fsp3) is 0.900. The highest BCUT2D eigenvalue weighted by Gasteiger charge is 1.89. The van der Waals surface area contributed by atoms with Gasteiger partial charge in [-0.1, -0.05) is 38.4 Å². The number of rotatable bonds is 8. The second-order valence-corrected chi connectivity index (χ2v) is 2.87. The van der Waals surface area contributed by atoms with E-state index in [-0.39, 0.29) is 0 Å². The first-order chi connectivity index (χ1) is 6.41. The van der Waals surface area contributed by atoms with Gasteiger partial charge < -0.3 is 9.90 Å². The molecule has 0 aromatic carbocycles. The van der Waals surface area contributed by atoms with Crippen LogP contribution >= 0.6 is 0 Å². The number of aliphatic hydroxyl groups is 1. The Morgan fingerprint density at radius 3 is 1.92 bits per heavy atom. The number of unbranched alkanes of at least 4 members (excludes halogenated alkanes) is 6. The highest BCUT2D eigenvalue weighted by molar-refractivity contribution is 6.08. The average molecular weight is 184 g/mol. The third kappa shape index (κ3) is 18.6. The maximum absolute atomic E-state index is 9.92. The minimum atomic E-state index is 0.733. The predicted octanol–water partition coefficient (Wildman–Crippen LogP) is 2.11. The second-order valence-electron chi connectivity index (χ2n) is 2.87. The van der Waals surface area contributed by atoms with Crippen LogP contribution in [0.25, 0.3) is 0 Å². The van der Waals surface area contributed by atoms with Gasteiger partial charge in [-0.15, -0.1) is 0 Å². The van der Waals surface area contributed by atoms with Crippen LogP contribution in [0.15, 0.2) is 0 Å². The Hall–Kier alpha value is -0.305. The molecule has 0 rings (SSSR count). The van der Waals surface area contributed by atoms with Gasteiger partial charge in [0.15, 0.2) is 0 Å². The average Bonchev–Trinajstić information content (AvgIpc) is 2.20. The lowest BCUT2D eigenvalue weighted by molar-refractivity contribution is -0.107. The summed E-state index contributed by atoms with van der Waals surface area (Å²) in [6, 6.07) is 0. The summed E-state index contributed by atoms with van der Waals surface area (Å²) >= 11 is 0. The van der Waals surface area contributed by atoms with Crippen molar-refractivity contribution in [2.75, 3.05) is 7.11 Å². The number of carbonyl (C=O) groups is 1. The van der Waals surface area contributed by atoms with Crippen molar-refractivity contribution in [3.05, 3.63) is 0 Å². The van der Waals surface area contributed by atoms with Gasteiger partial charge in [-0.05, 0) is 6.42 Å². The maximum atomic E-state index is 9.92. The standard InChI is InChI=1S/C9H17BO.CH4O/c10-8-6-4-2-1-3-5-7-9-11;1-2/h9H,1-8H2;2H,1H3. The van der Waals surface area contributed by atoms with E-state index in [9.17, 15) is 4.79 Å². The van der Waals surface area contributed by atoms with Crippen molar-refractivity contribution in [2.24, 2.45) is 0 Å². The third-order valence-corrected chi connectivity index (χ3v) is 1.78. The van der Waals surface area contributed by atoms with Crippen LogP contribution in [0.5, 0.6) is 0 Å². The molecule has 1 N–H and O–H groups in total. The summed E-state index contributed by atoms with van der Waals surface area (Å²) in [7, 11) is 6.34. The van der Waals surface area contributed by atoms with Crippen molar-refractivity contribution in [3.63, 3.8) is 0 Å². The molecule has 0 spiro atoms. The molecule has 13 heavy (non-hydrogen) atoms. The molecule has 2 nitrogen and oxygen atoms in total. The molecule has 0 aliphatic heterocycles. The Bertz CT molecular complexity index is 87.0. The minimum absolute atomic E-state index is 0.733. The van der Waals surface area contributed by atoms with Crippen LogP contribution in [0.4, 0.5) is 0 Å². The van der Waals surface area contributed by atoms with Gasteiger partial charge in [-0.3, -0.25) is 0 Å². The molecule has 0 aliphatic rings. The molecule has 0 atom stereocenters. The van der Waals surface area contributed by atoms with Crippen LogP contribution in [0, 0.1) is 0 Å². The van der Waals surface area contributed by atoms with E-state index >= 15 is 0 Å². The Morgan fingerprint density at radius 2 is 1.46 bits per heavy atom. The van der Waals surface area contributed by atoms with Crippen molar-refractivity contribution in [1.29, 1.82) is 0 Å². The van der Waals surface area contributed by atoms with Crippen LogP contribution < -0.4 is 0 Å². The first-order valence-corrected chi connectivity index (χ1v) is 5.00. The lowest BCUT2D eigenvalue weighted by atomic mass is 9.98. The van der Waals surface area contributed by atoms with Crippen molar-refractivity contribution in [1.82, 2.24) is 0 Å². The lowest BCUT2D eigenvalue weighted by Gasteiger charge is -1.97. The smallest absolute Gasteiger partial charge is 0.119 e. The molecule has 0 unspecified atom stereocenters. The van der Waals surface area contributed by atoms with Crippen LogP contribution in [0.2, 0.25) is 6.32 Å². The summed E-state index contributed by atoms with van der Waals surface area (Å²) in [5, 5.41) is 7.00. The van der Waals surface area contributed by atoms with E-state index in [1.165, 1.54) is 25.7 Å². The maximum Gasteiger partial charge on any atom is 0.119 e. The molecular weight excluding hydrogens is 163 g/mol. The molecule has 0 aromatic rings. The topological polar surface area (TPSA) is 37.3 Å². The minimum Gasteiger partial charge on any atom is -0.400 e. The van der Waals surface area contributed by atoms with Gasteiger partial charge in [0.2, 0.25) is 0 Å². The van der Waals surface area contributed by atoms with Gasteiger partial charge in [0, 0.05) is 13.5 Å². The Kier molecular flexibility index (Phi) is 20.7. The Labute approximate surface area is 83.1 Å². The lowest BCUT2D eigenvalue weighted by Crippen LogP contribution is -1.80. The summed E-state index contributed by atoms with van der Waals surface area (Å²) in [6.45, 7) is 0. The molecule has 0 heterocycles. The number of hydrogen-bond acceptors (Lipinski definition) is 2. The first-order valence-electron chi connectivity index (χ1n) is 5.00. The van der Waals surface area contributed by atoms with Gasteiger partial charge in [0.1, 0.15) is 6.29 Å². The zero-order valence-corrected chi connectivity index (χ0v) is 8.67. The van der Waals surface area contributed by atoms with E-state index in [1.54, 1.807) is 0 Å². The molecule has 0 aliphatic carbocycles. The van der Waals surface area contributed by atoms with Crippen molar-refractivity contribution in [3.8, 4) is 0 Å². The van der Waals surface area contributed by atoms with Crippen LogP contribution in [0.3, 0.4) is 0 Å². The molecule has 76 valence electrons. The summed E-state index contributed by atoms with van der Waals surface area (Å²) in [6.07, 6.45) is 9.73. The van der Waals surface area contributed by atoms with Gasteiger partial charge >= 0.3 is 0 Å². The van der Waals surface area contributed by atoms with Crippen molar-refractivity contribution in [2.45, 2.75) is 51.3 Å². The number of aliphatic hydroxyl groups excluding tert-OH is 1. The van der Waals surface area contributed by atoms with E-state index in [1.807, 2.05) is 0 Å². The molecule has 0 aromatic heterocycles. The Balaban J connectivity index is 0. The first kappa shape index (κ1) is 15.2. The van der Waals surface area contributed by atoms with Gasteiger partial charge in [-0.2, -0.15) is 0 Å². The molecule has 0 saturated heterocycles. The number of hydrogen-bond donors (Lipinski definition) is 1. The second kappa shape index (κ2) is 17.7. The zero-order chi connectivity index (χ0) is 10.4. The van der Waals surface area contributed by atoms with E-state index in [4.69, 9.17) is 13.0 Å². The molecule has 0 amide bonds. The van der Waals surface area contributed by atoms with Crippen LogP contribution in [-0.2, 0) is 4.79 Å². The van der Waals surface area contributed by atoms with E-state index in [0.29, 0.717) is 0 Å². The molecule has 0 bridgehead atoms. The predicted molar refractivity (Wildman–Crippen MR) is 57.1 cm³/mol. The molecule has 0 fully saturated rings. The highest BCUT2D eigenvalue weighted by Crippen LogP contribution is 2.06. The normalized spacial score (nSPS) is 8.77. The van der Waals surface area contributed by atoms with Crippen LogP contribution in [-0.4, -0.2) is 26.3 Å². The molecule has 2 radical (unpaired) electrons. The van der Waals surface area contributed by atoms with Gasteiger partial charge in [0.05, 0.1) is 7.85 Å². The van der Waals surface area contributed by atoms with E-state index < -0.39 is 0 Å². The quantitative estimate of drug-likeness (QED) is 0.356. The fourth-order valence-corrected chi connectivity index (χ4v) is 1.08. The van der Waals surface area contributed by atoms with Gasteiger partial charge in [-0.25, -0.2) is 0 Å². The van der Waals surface area contributed by atoms with E-state index in [2.05, 4.69) is 0 Å². The van der Waals surface area contributed by atoms with E-state index in [0.717, 1.165) is 39.0 Å². The largest absolute Gasteiger partial charge is 0.400 e. The number of aldehydes is 1. The molecular formula is C10H21BO2. The zero-order valence-electron chi connectivity index (χ0n) is 8.67. The molecule has 3 heteroatoms. The monoisotopic (exact) mass is 184 g/mol. The summed E-state index contributed by atoms with van der Waals surface area (Å²) in [5.41, 5.74) is 0. The van der Waals surface area contributed by atoms with Crippen LogP contribution in [0.1, 0.15) is 44.9 Å².